The van der Waals surface area contributed by atoms with Crippen LogP contribution in [0.4, 0.5) is 5.69 Å². The molecule has 0 bridgehead atoms. The molecule has 1 amide bonds. The molecular formula is C20H16ClNO5. The van der Waals surface area contributed by atoms with E-state index < -0.39 is 5.97 Å². The summed E-state index contributed by atoms with van der Waals surface area (Å²) in [5.74, 6) is -0.417. The summed E-state index contributed by atoms with van der Waals surface area (Å²) in [6, 6.07) is 15.1. The van der Waals surface area contributed by atoms with Gasteiger partial charge >= 0.3 is 5.97 Å². The van der Waals surface area contributed by atoms with Crippen molar-refractivity contribution in [1.29, 1.82) is 0 Å². The van der Waals surface area contributed by atoms with E-state index in [4.69, 9.17) is 25.5 Å². The molecule has 0 aliphatic heterocycles. The maximum absolute atomic E-state index is 12.4. The normalized spacial score (nSPS) is 10.3. The number of hydrogen-bond donors (Lipinski definition) is 1. The van der Waals surface area contributed by atoms with E-state index in [1.807, 2.05) is 0 Å². The van der Waals surface area contributed by atoms with Gasteiger partial charge in [-0.25, -0.2) is 4.79 Å². The highest BCUT2D eigenvalue weighted by atomic mass is 35.5. The van der Waals surface area contributed by atoms with Crippen LogP contribution in [0.25, 0.3) is 11.3 Å². The van der Waals surface area contributed by atoms with Crippen molar-refractivity contribution in [2.24, 2.45) is 0 Å². The number of carbonyl (C=O) groups is 2. The number of esters is 1. The molecule has 27 heavy (non-hydrogen) atoms. The lowest BCUT2D eigenvalue weighted by Gasteiger charge is -2.06. The number of halogens is 1. The van der Waals surface area contributed by atoms with Gasteiger partial charge in [0.2, 0.25) is 5.76 Å². The first-order valence-electron chi connectivity index (χ1n) is 7.96. The molecule has 3 aromatic rings. The summed E-state index contributed by atoms with van der Waals surface area (Å²) in [6.07, 6.45) is 0. The first-order chi connectivity index (χ1) is 13.0. The molecule has 0 saturated heterocycles. The van der Waals surface area contributed by atoms with Crippen LogP contribution in [0.3, 0.4) is 0 Å². The van der Waals surface area contributed by atoms with Gasteiger partial charge in [0.1, 0.15) is 11.5 Å². The fraction of sp³-hybridized carbons (Fsp3) is 0.100. The largest absolute Gasteiger partial charge is 0.496 e. The zero-order chi connectivity index (χ0) is 19.4. The number of hydrogen-bond acceptors (Lipinski definition) is 5. The number of amides is 1. The third-order valence-electron chi connectivity index (χ3n) is 3.81. The van der Waals surface area contributed by atoms with Gasteiger partial charge < -0.3 is 19.2 Å². The Bertz CT molecular complexity index is 981. The molecule has 7 heteroatoms. The smallest absolute Gasteiger partial charge is 0.376 e. The molecule has 3 rings (SSSR count). The van der Waals surface area contributed by atoms with E-state index in [0.717, 1.165) is 0 Å². The van der Waals surface area contributed by atoms with E-state index in [2.05, 4.69) is 5.32 Å². The number of ether oxygens (including phenoxy) is 2. The van der Waals surface area contributed by atoms with Gasteiger partial charge in [-0.1, -0.05) is 29.8 Å². The summed E-state index contributed by atoms with van der Waals surface area (Å²) >= 11 is 6.07. The van der Waals surface area contributed by atoms with Crippen molar-refractivity contribution in [2.45, 2.75) is 0 Å². The van der Waals surface area contributed by atoms with Gasteiger partial charge in [0.05, 0.1) is 25.5 Å². The van der Waals surface area contributed by atoms with Crippen molar-refractivity contribution in [3.63, 3.8) is 0 Å². The number of furan rings is 1. The lowest BCUT2D eigenvalue weighted by atomic mass is 10.1. The third kappa shape index (κ3) is 3.96. The topological polar surface area (TPSA) is 77.8 Å². The minimum Gasteiger partial charge on any atom is -0.496 e. The van der Waals surface area contributed by atoms with Gasteiger partial charge in [-0.2, -0.15) is 0 Å². The van der Waals surface area contributed by atoms with E-state index in [9.17, 15) is 9.59 Å². The molecule has 2 aromatic carbocycles. The van der Waals surface area contributed by atoms with Crippen LogP contribution in [-0.4, -0.2) is 26.1 Å². The fourth-order valence-electron chi connectivity index (χ4n) is 2.52. The van der Waals surface area contributed by atoms with Gasteiger partial charge in [0.25, 0.3) is 5.91 Å². The van der Waals surface area contributed by atoms with Crippen molar-refractivity contribution in [2.75, 3.05) is 19.5 Å². The van der Waals surface area contributed by atoms with Gasteiger partial charge in [-0.15, -0.1) is 0 Å². The molecule has 0 aliphatic rings. The molecule has 0 atom stereocenters. The van der Waals surface area contributed by atoms with Gasteiger partial charge in [-0.3, -0.25) is 4.79 Å². The average Bonchev–Trinajstić information content (AvgIpc) is 3.11. The Hall–Kier alpha value is -3.25. The lowest BCUT2D eigenvalue weighted by Crippen LogP contribution is -2.14. The van der Waals surface area contributed by atoms with Crippen LogP contribution in [-0.2, 0) is 4.74 Å². The maximum Gasteiger partial charge on any atom is 0.376 e. The molecule has 0 aliphatic carbocycles. The van der Waals surface area contributed by atoms with E-state index in [1.165, 1.54) is 20.3 Å². The second kappa shape index (κ2) is 7.97. The van der Waals surface area contributed by atoms with Gasteiger partial charge in [-0.05, 0) is 30.3 Å². The standard InChI is InChI=1S/C20H16ClNO5/c1-25-16-9-8-13(21)10-14(16)17-11-15(18(27-17)20(24)26-2)22-19(23)12-6-4-3-5-7-12/h3-11H,1-2H3,(H,22,23). The molecular weight excluding hydrogens is 370 g/mol. The van der Waals surface area contributed by atoms with Crippen molar-refractivity contribution < 1.29 is 23.5 Å². The lowest BCUT2D eigenvalue weighted by molar-refractivity contribution is 0.0567. The van der Waals surface area contributed by atoms with Crippen molar-refractivity contribution in [1.82, 2.24) is 0 Å². The summed E-state index contributed by atoms with van der Waals surface area (Å²) in [5.41, 5.74) is 1.17. The maximum atomic E-state index is 12.4. The molecule has 0 spiro atoms. The minimum atomic E-state index is -0.717. The zero-order valence-corrected chi connectivity index (χ0v) is 15.4. The van der Waals surface area contributed by atoms with Crippen LogP contribution in [0.15, 0.2) is 59.0 Å². The average molecular weight is 386 g/mol. The Kier molecular flexibility index (Phi) is 5.47. The number of anilines is 1. The molecule has 0 saturated carbocycles. The van der Waals surface area contributed by atoms with Crippen molar-refractivity contribution in [3.8, 4) is 17.1 Å². The summed E-state index contributed by atoms with van der Waals surface area (Å²) in [6.45, 7) is 0. The van der Waals surface area contributed by atoms with Gasteiger partial charge in [0, 0.05) is 16.7 Å². The Balaban J connectivity index is 2.03. The first-order valence-corrected chi connectivity index (χ1v) is 8.33. The highest BCUT2D eigenvalue weighted by molar-refractivity contribution is 6.31. The Morgan fingerprint density at radius 1 is 1.04 bits per heavy atom. The predicted octanol–water partition coefficient (Wildman–Crippen LogP) is 4.65. The minimum absolute atomic E-state index is 0.126. The van der Waals surface area contributed by atoms with Crippen LogP contribution in [0.5, 0.6) is 5.75 Å². The summed E-state index contributed by atoms with van der Waals surface area (Å²) in [4.78, 5) is 24.5. The second-order valence-electron chi connectivity index (χ2n) is 5.51. The SMILES string of the molecule is COC(=O)c1oc(-c2cc(Cl)ccc2OC)cc1NC(=O)c1ccccc1. The monoisotopic (exact) mass is 385 g/mol. The fourth-order valence-corrected chi connectivity index (χ4v) is 2.69. The first kappa shape index (κ1) is 18.5. The van der Waals surface area contributed by atoms with E-state index in [1.54, 1.807) is 48.5 Å². The van der Waals surface area contributed by atoms with Gasteiger partial charge in [0.15, 0.2) is 0 Å². The molecule has 0 radical (unpaired) electrons. The highest BCUT2D eigenvalue weighted by Gasteiger charge is 2.23. The molecule has 0 fully saturated rings. The second-order valence-corrected chi connectivity index (χ2v) is 5.95. The van der Waals surface area contributed by atoms with Crippen LogP contribution in [0.2, 0.25) is 5.02 Å². The summed E-state index contributed by atoms with van der Waals surface area (Å²) in [7, 11) is 2.74. The Morgan fingerprint density at radius 3 is 2.44 bits per heavy atom. The number of methoxy groups -OCH3 is 2. The van der Waals surface area contributed by atoms with Crippen molar-refractivity contribution in [3.05, 3.63) is 70.9 Å². The van der Waals surface area contributed by atoms with Crippen LogP contribution in [0, 0.1) is 0 Å². The molecule has 1 heterocycles. The molecule has 1 N–H and O–H groups in total. The predicted molar refractivity (Wildman–Crippen MR) is 101 cm³/mol. The summed E-state index contributed by atoms with van der Waals surface area (Å²) < 4.78 is 15.7. The number of rotatable bonds is 5. The highest BCUT2D eigenvalue weighted by Crippen LogP contribution is 2.37. The van der Waals surface area contributed by atoms with Crippen LogP contribution in [0.1, 0.15) is 20.9 Å². The van der Waals surface area contributed by atoms with E-state index in [-0.39, 0.29) is 17.4 Å². The molecule has 1 aromatic heterocycles. The third-order valence-corrected chi connectivity index (χ3v) is 4.05. The zero-order valence-electron chi connectivity index (χ0n) is 14.6. The molecule has 0 unspecified atom stereocenters. The number of benzene rings is 2. The number of carbonyl (C=O) groups excluding carboxylic acids is 2. The quantitative estimate of drug-likeness (QED) is 0.647. The van der Waals surface area contributed by atoms with E-state index in [0.29, 0.717) is 27.7 Å². The number of nitrogens with one attached hydrogen (secondary N) is 1. The van der Waals surface area contributed by atoms with Crippen molar-refractivity contribution >= 4 is 29.2 Å². The van der Waals surface area contributed by atoms with E-state index >= 15 is 0 Å². The van der Waals surface area contributed by atoms with Crippen LogP contribution < -0.4 is 10.1 Å². The summed E-state index contributed by atoms with van der Waals surface area (Å²) in [5, 5.41) is 3.15. The molecule has 138 valence electrons. The van der Waals surface area contributed by atoms with Crippen LogP contribution >= 0.6 is 11.6 Å². The Morgan fingerprint density at radius 2 is 1.78 bits per heavy atom. The molecule has 6 nitrogen and oxygen atoms in total. The Labute approximate surface area is 160 Å².